The van der Waals surface area contributed by atoms with Crippen molar-refractivity contribution in [2.45, 2.75) is 43.0 Å². The third-order valence-electron chi connectivity index (χ3n) is 6.03. The molecule has 34 heavy (non-hydrogen) atoms. The maximum atomic E-state index is 13.5. The highest BCUT2D eigenvalue weighted by Crippen LogP contribution is 2.38. The van der Waals surface area contributed by atoms with Gasteiger partial charge in [-0.25, -0.2) is 4.90 Å². The molecule has 1 aliphatic heterocycles. The lowest BCUT2D eigenvalue weighted by Gasteiger charge is -2.24. The van der Waals surface area contributed by atoms with E-state index in [9.17, 15) is 9.59 Å². The lowest BCUT2D eigenvalue weighted by Crippen LogP contribution is -2.37. The molecule has 0 saturated heterocycles. The van der Waals surface area contributed by atoms with E-state index in [2.05, 4.69) is 5.32 Å². The molecule has 0 unspecified atom stereocenters. The Balaban J connectivity index is 1.40. The maximum Gasteiger partial charge on any atom is 0.282 e. The van der Waals surface area contributed by atoms with E-state index < -0.39 is 0 Å². The molecule has 172 valence electrons. The van der Waals surface area contributed by atoms with Crippen molar-refractivity contribution in [3.05, 3.63) is 95.5 Å². The predicted molar refractivity (Wildman–Crippen MR) is 135 cm³/mol. The summed E-state index contributed by atoms with van der Waals surface area (Å²) in [6.45, 7) is 0. The number of hydrogen-bond donors (Lipinski definition) is 1. The molecule has 0 radical (unpaired) electrons. The minimum atomic E-state index is -0.300. The predicted octanol–water partition coefficient (Wildman–Crippen LogP) is 6.28. The standard InChI is InChI=1S/C28H26N2O3S/c31-27-25(29-20-10-4-1-5-11-20)26(34-24-14-8-3-9-15-24)28(32)30(27)21-16-18-23(19-17-21)33-22-12-6-2-7-13-22/h2-3,6-9,12-20,29H,1,4-5,10-11H2. The van der Waals surface area contributed by atoms with Gasteiger partial charge in [0.15, 0.2) is 0 Å². The average Bonchev–Trinajstić information content (AvgIpc) is 3.10. The first-order valence-corrected chi connectivity index (χ1v) is 12.5. The van der Waals surface area contributed by atoms with Gasteiger partial charge in [0.05, 0.1) is 5.69 Å². The van der Waals surface area contributed by atoms with Crippen molar-refractivity contribution in [1.29, 1.82) is 0 Å². The SMILES string of the molecule is O=C1C(NC2CCCCC2)=C(Sc2ccccc2)C(=O)N1c1ccc(Oc2ccccc2)cc1. The van der Waals surface area contributed by atoms with Crippen LogP contribution in [0.15, 0.2) is 100 Å². The summed E-state index contributed by atoms with van der Waals surface area (Å²) in [5.41, 5.74) is 0.942. The summed E-state index contributed by atoms with van der Waals surface area (Å²) < 4.78 is 5.86. The molecule has 3 aromatic rings. The summed E-state index contributed by atoms with van der Waals surface area (Å²) in [5.74, 6) is 0.770. The molecule has 0 spiro atoms. The highest BCUT2D eigenvalue weighted by atomic mass is 32.2. The zero-order valence-electron chi connectivity index (χ0n) is 18.8. The zero-order valence-corrected chi connectivity index (χ0v) is 19.6. The molecule has 1 heterocycles. The second kappa shape index (κ2) is 10.2. The third kappa shape index (κ3) is 4.87. The van der Waals surface area contributed by atoms with Crippen LogP contribution < -0.4 is 15.0 Å². The maximum absolute atomic E-state index is 13.5. The van der Waals surface area contributed by atoms with E-state index in [0.717, 1.165) is 36.3 Å². The van der Waals surface area contributed by atoms with Crippen molar-refractivity contribution >= 4 is 29.3 Å². The van der Waals surface area contributed by atoms with Crippen molar-refractivity contribution in [3.8, 4) is 11.5 Å². The quantitative estimate of drug-likeness (QED) is 0.412. The first kappa shape index (κ1) is 22.3. The number of nitrogens with zero attached hydrogens (tertiary/aromatic N) is 1. The van der Waals surface area contributed by atoms with Crippen LogP contribution in [0, 0.1) is 0 Å². The van der Waals surface area contributed by atoms with E-state index in [1.165, 1.54) is 23.1 Å². The summed E-state index contributed by atoms with van der Waals surface area (Å²) in [5, 5.41) is 3.43. The van der Waals surface area contributed by atoms with Crippen molar-refractivity contribution in [2.24, 2.45) is 0 Å². The molecule has 0 aromatic heterocycles. The molecule has 2 amide bonds. The zero-order chi connectivity index (χ0) is 23.3. The number of rotatable bonds is 7. The lowest BCUT2D eigenvalue weighted by molar-refractivity contribution is -0.120. The Labute approximate surface area is 203 Å². The molecule has 0 bridgehead atoms. The molecule has 2 aliphatic rings. The van der Waals surface area contributed by atoms with Crippen LogP contribution in [-0.2, 0) is 9.59 Å². The Hall–Kier alpha value is -3.51. The Morgan fingerprint density at radius 3 is 2.03 bits per heavy atom. The normalized spacial score (nSPS) is 16.8. The molecule has 1 aliphatic carbocycles. The van der Waals surface area contributed by atoms with Crippen LogP contribution in [0.2, 0.25) is 0 Å². The highest BCUT2D eigenvalue weighted by molar-refractivity contribution is 8.04. The third-order valence-corrected chi connectivity index (χ3v) is 7.12. The van der Waals surface area contributed by atoms with Crippen LogP contribution >= 0.6 is 11.8 Å². The van der Waals surface area contributed by atoms with Gasteiger partial charge < -0.3 is 10.1 Å². The molecule has 5 rings (SSSR count). The first-order chi connectivity index (χ1) is 16.7. The number of ether oxygens (including phenoxy) is 1. The number of hydrogen-bond acceptors (Lipinski definition) is 5. The van der Waals surface area contributed by atoms with E-state index >= 15 is 0 Å². The van der Waals surface area contributed by atoms with Crippen LogP contribution in [0.5, 0.6) is 11.5 Å². The van der Waals surface area contributed by atoms with Gasteiger partial charge in [-0.15, -0.1) is 0 Å². The largest absolute Gasteiger partial charge is 0.457 e. The van der Waals surface area contributed by atoms with Gasteiger partial charge in [-0.1, -0.05) is 67.4 Å². The number of carbonyl (C=O) groups is 2. The van der Waals surface area contributed by atoms with Gasteiger partial charge in [0, 0.05) is 10.9 Å². The van der Waals surface area contributed by atoms with Crippen LogP contribution in [0.4, 0.5) is 5.69 Å². The minimum absolute atomic E-state index is 0.216. The number of imide groups is 1. The van der Waals surface area contributed by atoms with Crippen LogP contribution in [0.25, 0.3) is 0 Å². The Morgan fingerprint density at radius 2 is 1.35 bits per heavy atom. The van der Waals surface area contributed by atoms with Gasteiger partial charge in [0.2, 0.25) is 0 Å². The number of amides is 2. The number of carbonyl (C=O) groups excluding carboxylic acids is 2. The monoisotopic (exact) mass is 470 g/mol. The van der Waals surface area contributed by atoms with E-state index in [1.54, 1.807) is 24.3 Å². The number of benzene rings is 3. The van der Waals surface area contributed by atoms with Crippen molar-refractivity contribution in [3.63, 3.8) is 0 Å². The van der Waals surface area contributed by atoms with Crippen molar-refractivity contribution < 1.29 is 14.3 Å². The summed E-state index contributed by atoms with van der Waals surface area (Å²) in [7, 11) is 0. The molecule has 5 nitrogen and oxygen atoms in total. The average molecular weight is 471 g/mol. The van der Waals surface area contributed by atoms with E-state index in [0.29, 0.717) is 22.0 Å². The number of para-hydroxylation sites is 1. The molecular weight excluding hydrogens is 444 g/mol. The summed E-state index contributed by atoms with van der Waals surface area (Å²) in [6, 6.07) is 26.5. The van der Waals surface area contributed by atoms with E-state index in [4.69, 9.17) is 4.74 Å². The van der Waals surface area contributed by atoms with E-state index in [-0.39, 0.29) is 17.9 Å². The second-order valence-electron chi connectivity index (χ2n) is 8.45. The Bertz CT molecular complexity index is 1190. The van der Waals surface area contributed by atoms with Gasteiger partial charge in [-0.2, -0.15) is 0 Å². The number of nitrogens with one attached hydrogen (secondary N) is 1. The highest BCUT2D eigenvalue weighted by Gasteiger charge is 2.41. The Kier molecular flexibility index (Phi) is 6.67. The first-order valence-electron chi connectivity index (χ1n) is 11.6. The molecule has 1 saturated carbocycles. The second-order valence-corrected chi connectivity index (χ2v) is 9.54. The smallest absolute Gasteiger partial charge is 0.282 e. The number of anilines is 1. The fourth-order valence-electron chi connectivity index (χ4n) is 4.31. The van der Waals surface area contributed by atoms with Gasteiger partial charge in [-0.3, -0.25) is 9.59 Å². The molecule has 3 aromatic carbocycles. The van der Waals surface area contributed by atoms with Gasteiger partial charge in [-0.05, 0) is 61.4 Å². The van der Waals surface area contributed by atoms with Crippen LogP contribution in [0.3, 0.4) is 0 Å². The molecule has 6 heteroatoms. The summed E-state index contributed by atoms with van der Waals surface area (Å²) in [6.07, 6.45) is 5.53. The van der Waals surface area contributed by atoms with Crippen molar-refractivity contribution in [1.82, 2.24) is 5.32 Å². The lowest BCUT2D eigenvalue weighted by atomic mass is 9.95. The van der Waals surface area contributed by atoms with Gasteiger partial charge >= 0.3 is 0 Å². The van der Waals surface area contributed by atoms with E-state index in [1.807, 2.05) is 60.7 Å². The fourth-order valence-corrected chi connectivity index (χ4v) is 5.27. The van der Waals surface area contributed by atoms with Crippen LogP contribution in [0.1, 0.15) is 32.1 Å². The van der Waals surface area contributed by atoms with Crippen LogP contribution in [-0.4, -0.2) is 17.9 Å². The molecular formula is C28H26N2O3S. The molecule has 0 atom stereocenters. The van der Waals surface area contributed by atoms with Gasteiger partial charge in [0.1, 0.15) is 22.1 Å². The molecule has 1 N–H and O–H groups in total. The molecule has 1 fully saturated rings. The fraction of sp³-hybridized carbons (Fsp3) is 0.214. The summed E-state index contributed by atoms with van der Waals surface area (Å²) in [4.78, 5) is 29.7. The Morgan fingerprint density at radius 1 is 0.735 bits per heavy atom. The summed E-state index contributed by atoms with van der Waals surface area (Å²) >= 11 is 1.34. The van der Waals surface area contributed by atoms with Gasteiger partial charge in [0.25, 0.3) is 11.8 Å². The topological polar surface area (TPSA) is 58.6 Å². The number of thioether (sulfide) groups is 1. The minimum Gasteiger partial charge on any atom is -0.457 e. The van der Waals surface area contributed by atoms with Crippen molar-refractivity contribution in [2.75, 3.05) is 4.90 Å².